The highest BCUT2D eigenvalue weighted by Crippen LogP contribution is 2.52. The van der Waals surface area contributed by atoms with Crippen LogP contribution in [0.5, 0.6) is 0 Å². The molecular formula is C13H26N2. The van der Waals surface area contributed by atoms with E-state index < -0.39 is 0 Å². The Morgan fingerprint density at radius 3 is 2.73 bits per heavy atom. The maximum atomic E-state index is 3.47. The summed E-state index contributed by atoms with van der Waals surface area (Å²) in [6.45, 7) is 13.4. The highest BCUT2D eigenvalue weighted by atomic mass is 15.2. The molecule has 0 aromatic heterocycles. The van der Waals surface area contributed by atoms with E-state index in [-0.39, 0.29) is 0 Å². The molecule has 2 nitrogen and oxygen atoms in total. The summed E-state index contributed by atoms with van der Waals surface area (Å²) in [6, 6.07) is 0. The standard InChI is InChI=1S/C13H26N2/c1-4-14-8-11-5-6-15(9-11)10-12-7-13(12,2)3/h11-12,14H,4-10H2,1-3H3. The third-order valence-electron chi connectivity index (χ3n) is 4.25. The third-order valence-corrected chi connectivity index (χ3v) is 4.25. The smallest absolute Gasteiger partial charge is 0.00224 e. The van der Waals surface area contributed by atoms with Gasteiger partial charge in [0, 0.05) is 13.1 Å². The second kappa shape index (κ2) is 4.42. The number of likely N-dealkylation sites (tertiary alicyclic amines) is 1. The number of hydrogen-bond acceptors (Lipinski definition) is 2. The molecule has 2 fully saturated rings. The minimum absolute atomic E-state index is 0.653. The Morgan fingerprint density at radius 1 is 1.40 bits per heavy atom. The van der Waals surface area contributed by atoms with Crippen molar-refractivity contribution in [3.63, 3.8) is 0 Å². The van der Waals surface area contributed by atoms with Gasteiger partial charge in [-0.2, -0.15) is 0 Å². The molecule has 0 amide bonds. The molecule has 2 rings (SSSR count). The molecule has 0 bridgehead atoms. The largest absolute Gasteiger partial charge is 0.317 e. The molecule has 1 N–H and O–H groups in total. The highest BCUT2D eigenvalue weighted by Gasteiger charge is 2.46. The molecule has 1 saturated carbocycles. The number of nitrogens with one attached hydrogen (secondary N) is 1. The van der Waals surface area contributed by atoms with Gasteiger partial charge in [-0.3, -0.25) is 0 Å². The molecule has 1 aliphatic heterocycles. The van der Waals surface area contributed by atoms with Crippen molar-refractivity contribution in [1.82, 2.24) is 10.2 Å². The minimum Gasteiger partial charge on any atom is -0.317 e. The van der Waals surface area contributed by atoms with E-state index in [1.807, 2.05) is 0 Å². The van der Waals surface area contributed by atoms with Crippen molar-refractivity contribution < 1.29 is 0 Å². The van der Waals surface area contributed by atoms with Crippen molar-refractivity contribution in [3.05, 3.63) is 0 Å². The Bertz CT molecular complexity index is 213. The number of rotatable bonds is 5. The van der Waals surface area contributed by atoms with Crippen LogP contribution in [0.3, 0.4) is 0 Å². The van der Waals surface area contributed by atoms with Crippen LogP contribution in [0.2, 0.25) is 0 Å². The van der Waals surface area contributed by atoms with E-state index in [2.05, 4.69) is 31.0 Å². The molecular weight excluding hydrogens is 184 g/mol. The lowest BCUT2D eigenvalue weighted by molar-refractivity contribution is 0.292. The van der Waals surface area contributed by atoms with E-state index >= 15 is 0 Å². The topological polar surface area (TPSA) is 15.3 Å². The summed E-state index contributed by atoms with van der Waals surface area (Å²) in [7, 11) is 0. The van der Waals surface area contributed by atoms with Crippen LogP contribution in [-0.4, -0.2) is 37.6 Å². The lowest BCUT2D eigenvalue weighted by Crippen LogP contribution is -2.28. The van der Waals surface area contributed by atoms with Crippen LogP contribution in [0.25, 0.3) is 0 Å². The molecule has 2 unspecified atom stereocenters. The van der Waals surface area contributed by atoms with Crippen LogP contribution in [0.4, 0.5) is 0 Å². The van der Waals surface area contributed by atoms with Gasteiger partial charge >= 0.3 is 0 Å². The number of nitrogens with zero attached hydrogens (tertiary/aromatic N) is 1. The lowest BCUT2D eigenvalue weighted by atomic mass is 10.1. The van der Waals surface area contributed by atoms with Gasteiger partial charge in [-0.1, -0.05) is 20.8 Å². The van der Waals surface area contributed by atoms with Crippen LogP contribution in [0, 0.1) is 17.3 Å². The monoisotopic (exact) mass is 210 g/mol. The first-order chi connectivity index (χ1) is 7.12. The summed E-state index contributed by atoms with van der Waals surface area (Å²) in [5.74, 6) is 1.89. The van der Waals surface area contributed by atoms with E-state index in [1.54, 1.807) is 0 Å². The molecule has 2 atom stereocenters. The fourth-order valence-electron chi connectivity index (χ4n) is 2.79. The fourth-order valence-corrected chi connectivity index (χ4v) is 2.79. The zero-order chi connectivity index (χ0) is 10.9. The average molecular weight is 210 g/mol. The summed E-state index contributed by atoms with van der Waals surface area (Å²) >= 11 is 0. The van der Waals surface area contributed by atoms with Crippen molar-refractivity contribution in [2.75, 3.05) is 32.7 Å². The van der Waals surface area contributed by atoms with Gasteiger partial charge in [0.2, 0.25) is 0 Å². The quantitative estimate of drug-likeness (QED) is 0.746. The van der Waals surface area contributed by atoms with Crippen LogP contribution < -0.4 is 5.32 Å². The fraction of sp³-hybridized carbons (Fsp3) is 1.00. The molecule has 1 heterocycles. The van der Waals surface area contributed by atoms with Gasteiger partial charge in [0.05, 0.1) is 0 Å². The zero-order valence-corrected chi connectivity index (χ0v) is 10.6. The predicted octanol–water partition coefficient (Wildman–Crippen LogP) is 1.96. The van der Waals surface area contributed by atoms with Gasteiger partial charge in [0.25, 0.3) is 0 Å². The van der Waals surface area contributed by atoms with Crippen molar-refractivity contribution >= 4 is 0 Å². The molecule has 15 heavy (non-hydrogen) atoms. The average Bonchev–Trinajstić information content (AvgIpc) is 2.63. The summed E-state index contributed by atoms with van der Waals surface area (Å²) in [4.78, 5) is 2.68. The molecule has 2 aliphatic rings. The molecule has 88 valence electrons. The zero-order valence-electron chi connectivity index (χ0n) is 10.6. The van der Waals surface area contributed by atoms with Crippen molar-refractivity contribution in [3.8, 4) is 0 Å². The normalized spacial score (nSPS) is 34.6. The first-order valence-corrected chi connectivity index (χ1v) is 6.55. The molecule has 0 aromatic rings. The summed E-state index contributed by atoms with van der Waals surface area (Å²) in [5, 5.41) is 3.47. The molecule has 0 radical (unpaired) electrons. The summed E-state index contributed by atoms with van der Waals surface area (Å²) in [6.07, 6.45) is 2.85. The Hall–Kier alpha value is -0.0800. The van der Waals surface area contributed by atoms with Crippen LogP contribution >= 0.6 is 0 Å². The first kappa shape index (κ1) is 11.4. The Labute approximate surface area is 94.4 Å². The Balaban J connectivity index is 1.65. The number of hydrogen-bond donors (Lipinski definition) is 1. The van der Waals surface area contributed by atoms with E-state index in [0.29, 0.717) is 5.41 Å². The van der Waals surface area contributed by atoms with E-state index in [4.69, 9.17) is 0 Å². The second-order valence-electron chi connectivity index (χ2n) is 6.11. The van der Waals surface area contributed by atoms with Gasteiger partial charge < -0.3 is 10.2 Å². The van der Waals surface area contributed by atoms with Crippen molar-refractivity contribution in [2.45, 2.75) is 33.6 Å². The molecule has 2 heteroatoms. The SMILES string of the molecule is CCNCC1CCN(CC2CC2(C)C)C1. The van der Waals surface area contributed by atoms with Gasteiger partial charge in [-0.15, -0.1) is 0 Å². The lowest BCUT2D eigenvalue weighted by Gasteiger charge is -2.17. The maximum Gasteiger partial charge on any atom is 0.00224 e. The minimum atomic E-state index is 0.653. The summed E-state index contributed by atoms with van der Waals surface area (Å²) < 4.78 is 0. The van der Waals surface area contributed by atoms with E-state index in [1.165, 1.54) is 39.0 Å². The van der Waals surface area contributed by atoms with Gasteiger partial charge in [-0.05, 0) is 49.7 Å². The Kier molecular flexibility index (Phi) is 3.36. The third kappa shape index (κ3) is 2.94. The van der Waals surface area contributed by atoms with Crippen molar-refractivity contribution in [1.29, 1.82) is 0 Å². The van der Waals surface area contributed by atoms with E-state index in [0.717, 1.165) is 18.4 Å². The van der Waals surface area contributed by atoms with Gasteiger partial charge in [-0.25, -0.2) is 0 Å². The molecule has 0 spiro atoms. The molecule has 1 saturated heterocycles. The van der Waals surface area contributed by atoms with Gasteiger partial charge in [0.15, 0.2) is 0 Å². The van der Waals surface area contributed by atoms with Crippen LogP contribution in [-0.2, 0) is 0 Å². The second-order valence-corrected chi connectivity index (χ2v) is 6.11. The van der Waals surface area contributed by atoms with Crippen LogP contribution in [0.15, 0.2) is 0 Å². The van der Waals surface area contributed by atoms with Crippen molar-refractivity contribution in [2.24, 2.45) is 17.3 Å². The predicted molar refractivity (Wildman–Crippen MR) is 65.0 cm³/mol. The summed E-state index contributed by atoms with van der Waals surface area (Å²) in [5.41, 5.74) is 0.653. The Morgan fingerprint density at radius 2 is 2.13 bits per heavy atom. The molecule has 1 aliphatic carbocycles. The first-order valence-electron chi connectivity index (χ1n) is 6.55. The highest BCUT2D eigenvalue weighted by molar-refractivity contribution is 4.97. The van der Waals surface area contributed by atoms with Crippen LogP contribution in [0.1, 0.15) is 33.6 Å². The molecule has 0 aromatic carbocycles. The maximum absolute atomic E-state index is 3.47. The van der Waals surface area contributed by atoms with E-state index in [9.17, 15) is 0 Å². The van der Waals surface area contributed by atoms with Gasteiger partial charge in [0.1, 0.15) is 0 Å².